The molecule has 154 valence electrons. The largest absolute Gasteiger partial charge is 0.493 e. The van der Waals surface area contributed by atoms with E-state index in [1.165, 1.54) is 54.3 Å². The van der Waals surface area contributed by atoms with Crippen molar-refractivity contribution in [2.75, 3.05) is 14.2 Å². The highest BCUT2D eigenvalue weighted by Gasteiger charge is 2.51. The van der Waals surface area contributed by atoms with Crippen molar-refractivity contribution in [1.29, 1.82) is 0 Å². The Morgan fingerprint density at radius 2 is 1.79 bits per heavy atom. The molecule has 0 saturated heterocycles. The zero-order valence-corrected chi connectivity index (χ0v) is 19.0. The van der Waals surface area contributed by atoms with Crippen molar-refractivity contribution in [3.8, 4) is 11.5 Å². The summed E-state index contributed by atoms with van der Waals surface area (Å²) in [6, 6.07) is 2.25. The predicted octanol–water partition coefficient (Wildman–Crippen LogP) is 6.49. The number of benzene rings is 1. The minimum absolute atomic E-state index is 0.216. The number of ether oxygens (including phenoxy) is 2. The molecular weight excluding hydrogens is 346 g/mol. The lowest BCUT2D eigenvalue weighted by molar-refractivity contribution is 0.0505. The fourth-order valence-corrected chi connectivity index (χ4v) is 7.07. The highest BCUT2D eigenvalue weighted by molar-refractivity contribution is 5.93. The number of aryl methyl sites for hydroxylation is 2. The number of hydrogen-bond donors (Lipinski definition) is 0. The molecule has 3 atom stereocenters. The molecule has 4 rings (SSSR count). The molecule has 1 unspecified atom stereocenters. The summed E-state index contributed by atoms with van der Waals surface area (Å²) in [7, 11) is 5.75. The van der Waals surface area contributed by atoms with E-state index in [4.69, 9.17) is 9.47 Å². The molecular formula is C25H37NO2. The van der Waals surface area contributed by atoms with Crippen LogP contribution in [0.2, 0.25) is 0 Å². The maximum Gasteiger partial charge on any atom is 0.165 e. The first-order valence-electron chi connectivity index (χ1n) is 10.9. The quantitative estimate of drug-likeness (QED) is 0.592. The first-order chi connectivity index (χ1) is 13.2. The zero-order chi connectivity index (χ0) is 20.4. The summed E-state index contributed by atoms with van der Waals surface area (Å²) in [5, 5.41) is 1.38. The van der Waals surface area contributed by atoms with Crippen molar-refractivity contribution >= 4 is 10.9 Å². The molecule has 0 spiro atoms. The molecule has 2 aliphatic carbocycles. The van der Waals surface area contributed by atoms with Crippen LogP contribution < -0.4 is 9.47 Å². The molecule has 2 aromatic rings. The van der Waals surface area contributed by atoms with Crippen LogP contribution in [0.15, 0.2) is 6.07 Å². The summed E-state index contributed by atoms with van der Waals surface area (Å²) >= 11 is 0. The van der Waals surface area contributed by atoms with Crippen LogP contribution in [0.3, 0.4) is 0 Å². The second-order valence-electron chi connectivity index (χ2n) is 10.2. The van der Waals surface area contributed by atoms with Crippen molar-refractivity contribution in [3.63, 3.8) is 0 Å². The maximum absolute atomic E-state index is 5.76. The second kappa shape index (κ2) is 6.43. The number of fused-ring (bicyclic) bond motifs is 5. The van der Waals surface area contributed by atoms with E-state index >= 15 is 0 Å². The Hall–Kier alpha value is -1.64. The van der Waals surface area contributed by atoms with E-state index in [1.807, 2.05) is 0 Å². The Morgan fingerprint density at radius 1 is 1.07 bits per heavy atom. The molecule has 1 aromatic heterocycles. The lowest BCUT2D eigenvalue weighted by atomic mass is 9.53. The third-order valence-corrected chi connectivity index (χ3v) is 8.25. The van der Waals surface area contributed by atoms with E-state index in [-0.39, 0.29) is 5.41 Å². The minimum Gasteiger partial charge on any atom is -0.493 e. The van der Waals surface area contributed by atoms with E-state index in [1.54, 1.807) is 19.8 Å². The standard InChI is InChI=1S/C25H37NO2/c1-15-10-11-19-24(3,4)12-9-13-25(19,5)20-17-14-18(27-7)23(28-8)16(2)22(17)26(6)21(15)20/h14-15,19H,9-13H2,1-8H3/t15?,19-,25-/m1/s1. The lowest BCUT2D eigenvalue weighted by Crippen LogP contribution is -2.44. The van der Waals surface area contributed by atoms with E-state index in [0.29, 0.717) is 11.3 Å². The smallest absolute Gasteiger partial charge is 0.165 e. The Labute approximate surface area is 170 Å². The predicted molar refractivity (Wildman–Crippen MR) is 117 cm³/mol. The topological polar surface area (TPSA) is 23.4 Å². The first kappa shape index (κ1) is 19.7. The van der Waals surface area contributed by atoms with Gasteiger partial charge < -0.3 is 14.0 Å². The van der Waals surface area contributed by atoms with Gasteiger partial charge in [0.25, 0.3) is 0 Å². The van der Waals surface area contributed by atoms with Gasteiger partial charge in [-0.2, -0.15) is 0 Å². The van der Waals surface area contributed by atoms with Gasteiger partial charge in [-0.3, -0.25) is 0 Å². The van der Waals surface area contributed by atoms with Gasteiger partial charge >= 0.3 is 0 Å². The fourth-order valence-electron chi connectivity index (χ4n) is 7.07. The third-order valence-electron chi connectivity index (χ3n) is 8.25. The zero-order valence-electron chi connectivity index (χ0n) is 19.0. The molecule has 0 aliphatic heterocycles. The monoisotopic (exact) mass is 383 g/mol. The Bertz CT molecular complexity index is 923. The van der Waals surface area contributed by atoms with Gasteiger partial charge in [0.1, 0.15) is 0 Å². The molecule has 1 aromatic carbocycles. The first-order valence-corrected chi connectivity index (χ1v) is 10.9. The van der Waals surface area contributed by atoms with Crippen LogP contribution in [0.4, 0.5) is 0 Å². The fraction of sp³-hybridized carbons (Fsp3) is 0.680. The molecule has 3 heteroatoms. The van der Waals surface area contributed by atoms with Crippen molar-refractivity contribution < 1.29 is 9.47 Å². The second-order valence-corrected chi connectivity index (χ2v) is 10.2. The molecule has 1 saturated carbocycles. The molecule has 3 nitrogen and oxygen atoms in total. The average molecular weight is 384 g/mol. The van der Waals surface area contributed by atoms with E-state index in [2.05, 4.69) is 52.3 Å². The van der Waals surface area contributed by atoms with Crippen molar-refractivity contribution in [1.82, 2.24) is 4.57 Å². The molecule has 0 amide bonds. The Balaban J connectivity index is 2.12. The van der Waals surface area contributed by atoms with Gasteiger partial charge in [0.15, 0.2) is 11.5 Å². The minimum atomic E-state index is 0.216. The molecule has 0 bridgehead atoms. The van der Waals surface area contributed by atoms with Crippen LogP contribution in [0.5, 0.6) is 11.5 Å². The van der Waals surface area contributed by atoms with Gasteiger partial charge in [-0.05, 0) is 66.9 Å². The molecule has 0 N–H and O–H groups in total. The normalized spacial score (nSPS) is 29.1. The Kier molecular flexibility index (Phi) is 4.52. The van der Waals surface area contributed by atoms with Crippen molar-refractivity contribution in [2.45, 2.75) is 78.1 Å². The number of rotatable bonds is 2. The SMILES string of the molecule is COc1cc2c3c(n(C)c2c(C)c1OC)C(C)CC[C@@H]1C(C)(C)CCC[C@@]31C. The van der Waals surface area contributed by atoms with E-state index in [0.717, 1.165) is 17.4 Å². The molecule has 2 aliphatic rings. The van der Waals surface area contributed by atoms with Gasteiger partial charge in [-0.15, -0.1) is 0 Å². The maximum atomic E-state index is 5.76. The van der Waals surface area contributed by atoms with Gasteiger partial charge in [-0.25, -0.2) is 0 Å². The van der Waals surface area contributed by atoms with E-state index < -0.39 is 0 Å². The van der Waals surface area contributed by atoms with Crippen LogP contribution in [0, 0.1) is 18.3 Å². The average Bonchev–Trinajstić information content (AvgIpc) is 2.86. The summed E-state index contributed by atoms with van der Waals surface area (Å²) < 4.78 is 14.0. The number of methoxy groups -OCH3 is 2. The summed E-state index contributed by atoms with van der Waals surface area (Å²) in [5.74, 6) is 3.01. The van der Waals surface area contributed by atoms with Crippen LogP contribution >= 0.6 is 0 Å². The highest BCUT2D eigenvalue weighted by Crippen LogP contribution is 2.60. The van der Waals surface area contributed by atoms with Crippen LogP contribution in [-0.2, 0) is 12.5 Å². The van der Waals surface area contributed by atoms with Crippen LogP contribution in [0.25, 0.3) is 10.9 Å². The molecule has 0 radical (unpaired) electrons. The molecule has 28 heavy (non-hydrogen) atoms. The molecule has 1 heterocycles. The van der Waals surface area contributed by atoms with Crippen molar-refractivity contribution in [3.05, 3.63) is 22.9 Å². The summed E-state index contributed by atoms with van der Waals surface area (Å²) in [6.45, 7) is 12.2. The van der Waals surface area contributed by atoms with Crippen molar-refractivity contribution in [2.24, 2.45) is 18.4 Å². The van der Waals surface area contributed by atoms with Crippen LogP contribution in [0.1, 0.15) is 82.5 Å². The lowest BCUT2D eigenvalue weighted by Gasteiger charge is -2.51. The van der Waals surface area contributed by atoms with Crippen LogP contribution in [-0.4, -0.2) is 18.8 Å². The van der Waals surface area contributed by atoms with Gasteiger partial charge in [0, 0.05) is 23.7 Å². The number of aromatic nitrogens is 1. The highest BCUT2D eigenvalue weighted by atomic mass is 16.5. The van der Waals surface area contributed by atoms with Gasteiger partial charge in [-0.1, -0.05) is 34.1 Å². The third kappa shape index (κ3) is 2.47. The summed E-state index contributed by atoms with van der Waals surface area (Å²) in [4.78, 5) is 0. The molecule has 1 fully saturated rings. The number of nitrogens with zero attached hydrogens (tertiary/aromatic N) is 1. The van der Waals surface area contributed by atoms with Gasteiger partial charge in [0.05, 0.1) is 19.7 Å². The summed E-state index contributed by atoms with van der Waals surface area (Å²) in [6.07, 6.45) is 6.54. The van der Waals surface area contributed by atoms with Gasteiger partial charge in [0.2, 0.25) is 0 Å². The summed E-state index contributed by atoms with van der Waals surface area (Å²) in [5.41, 5.74) is 6.25. The number of hydrogen-bond acceptors (Lipinski definition) is 2. The Morgan fingerprint density at radius 3 is 2.43 bits per heavy atom. The van der Waals surface area contributed by atoms with E-state index in [9.17, 15) is 0 Å².